The van der Waals surface area contributed by atoms with Crippen molar-refractivity contribution in [1.29, 1.82) is 0 Å². The Morgan fingerprint density at radius 3 is 2.59 bits per heavy atom. The van der Waals surface area contributed by atoms with Crippen molar-refractivity contribution in [3.8, 4) is 11.5 Å². The van der Waals surface area contributed by atoms with Gasteiger partial charge in [0.1, 0.15) is 0 Å². The summed E-state index contributed by atoms with van der Waals surface area (Å²) in [4.78, 5) is 23.2. The SMILES string of the molecule is COc1cc(/C=C/C(=O)NCc2cccc(NC(C)=O)c2)cc(Cl)c1OC. The zero-order chi connectivity index (χ0) is 19.8. The Hall–Kier alpha value is -2.99. The van der Waals surface area contributed by atoms with Crippen molar-refractivity contribution in [2.24, 2.45) is 0 Å². The van der Waals surface area contributed by atoms with E-state index in [1.165, 1.54) is 27.2 Å². The lowest BCUT2D eigenvalue weighted by Gasteiger charge is -2.10. The van der Waals surface area contributed by atoms with Crippen molar-refractivity contribution in [2.45, 2.75) is 13.5 Å². The van der Waals surface area contributed by atoms with Crippen LogP contribution in [-0.2, 0) is 16.1 Å². The zero-order valence-corrected chi connectivity index (χ0v) is 16.1. The molecule has 6 nitrogen and oxygen atoms in total. The highest BCUT2D eigenvalue weighted by atomic mass is 35.5. The third kappa shape index (κ3) is 6.04. The Morgan fingerprint density at radius 2 is 1.93 bits per heavy atom. The van der Waals surface area contributed by atoms with Crippen LogP contribution >= 0.6 is 11.6 Å². The molecule has 2 aromatic rings. The second-order valence-electron chi connectivity index (χ2n) is 5.67. The molecule has 0 unspecified atom stereocenters. The Kier molecular flexibility index (Phi) is 7.25. The van der Waals surface area contributed by atoms with Gasteiger partial charge in [0.05, 0.1) is 19.2 Å². The van der Waals surface area contributed by atoms with E-state index < -0.39 is 0 Å². The van der Waals surface area contributed by atoms with Crippen LogP contribution in [0, 0.1) is 0 Å². The van der Waals surface area contributed by atoms with Crippen molar-refractivity contribution < 1.29 is 19.1 Å². The molecule has 0 fully saturated rings. The average Bonchev–Trinajstić information content (AvgIpc) is 2.64. The van der Waals surface area contributed by atoms with E-state index in [1.54, 1.807) is 30.3 Å². The van der Waals surface area contributed by atoms with E-state index in [0.29, 0.717) is 34.3 Å². The van der Waals surface area contributed by atoms with Gasteiger partial charge < -0.3 is 20.1 Å². The summed E-state index contributed by atoms with van der Waals surface area (Å²) in [5, 5.41) is 5.89. The van der Waals surface area contributed by atoms with Gasteiger partial charge in [0, 0.05) is 25.2 Å². The first-order chi connectivity index (χ1) is 12.9. The average molecular weight is 389 g/mol. The second kappa shape index (κ2) is 9.64. The molecule has 0 aliphatic carbocycles. The van der Waals surface area contributed by atoms with Crippen LogP contribution in [0.3, 0.4) is 0 Å². The maximum absolute atomic E-state index is 12.1. The summed E-state index contributed by atoms with van der Waals surface area (Å²) in [6.07, 6.45) is 3.05. The van der Waals surface area contributed by atoms with Crippen molar-refractivity contribution >= 4 is 35.2 Å². The lowest BCUT2D eigenvalue weighted by atomic mass is 10.1. The van der Waals surface area contributed by atoms with Crippen LogP contribution in [0.5, 0.6) is 11.5 Å². The normalized spacial score (nSPS) is 10.5. The molecule has 0 saturated carbocycles. The van der Waals surface area contributed by atoms with Crippen LogP contribution in [0.1, 0.15) is 18.1 Å². The van der Waals surface area contributed by atoms with Crippen LogP contribution in [-0.4, -0.2) is 26.0 Å². The molecule has 2 amide bonds. The third-order valence-corrected chi connectivity index (χ3v) is 3.88. The molecule has 0 radical (unpaired) electrons. The largest absolute Gasteiger partial charge is 0.493 e. The Balaban J connectivity index is 2.00. The summed E-state index contributed by atoms with van der Waals surface area (Å²) in [5.41, 5.74) is 2.27. The first-order valence-electron chi connectivity index (χ1n) is 8.17. The molecular formula is C20H21ClN2O4. The van der Waals surface area contributed by atoms with Crippen LogP contribution < -0.4 is 20.1 Å². The molecule has 0 saturated heterocycles. The molecule has 0 atom stereocenters. The number of methoxy groups -OCH3 is 2. The zero-order valence-electron chi connectivity index (χ0n) is 15.3. The molecular weight excluding hydrogens is 368 g/mol. The smallest absolute Gasteiger partial charge is 0.244 e. The van der Waals surface area contributed by atoms with Gasteiger partial charge >= 0.3 is 0 Å². The van der Waals surface area contributed by atoms with E-state index in [2.05, 4.69) is 10.6 Å². The fourth-order valence-electron chi connectivity index (χ4n) is 2.42. The number of rotatable bonds is 7. The van der Waals surface area contributed by atoms with Gasteiger partial charge in [0.15, 0.2) is 11.5 Å². The number of amides is 2. The molecule has 2 rings (SSSR count). The lowest BCUT2D eigenvalue weighted by Crippen LogP contribution is -2.20. The molecule has 142 valence electrons. The minimum Gasteiger partial charge on any atom is -0.493 e. The number of carbonyl (C=O) groups is 2. The Labute approximate surface area is 163 Å². The lowest BCUT2D eigenvalue weighted by molar-refractivity contribution is -0.116. The van der Waals surface area contributed by atoms with Gasteiger partial charge in [-0.2, -0.15) is 0 Å². The Bertz CT molecular complexity index is 865. The van der Waals surface area contributed by atoms with E-state index in [0.717, 1.165) is 5.56 Å². The van der Waals surface area contributed by atoms with Crippen LogP contribution in [0.25, 0.3) is 6.08 Å². The topological polar surface area (TPSA) is 76.7 Å². The molecule has 7 heteroatoms. The quantitative estimate of drug-likeness (QED) is 0.710. The summed E-state index contributed by atoms with van der Waals surface area (Å²) < 4.78 is 10.4. The summed E-state index contributed by atoms with van der Waals surface area (Å²) in [7, 11) is 3.02. The molecule has 27 heavy (non-hydrogen) atoms. The minimum absolute atomic E-state index is 0.146. The fraction of sp³-hybridized carbons (Fsp3) is 0.200. The molecule has 0 aliphatic heterocycles. The highest BCUT2D eigenvalue weighted by Gasteiger charge is 2.09. The molecule has 0 aliphatic rings. The summed E-state index contributed by atoms with van der Waals surface area (Å²) >= 11 is 6.15. The molecule has 2 aromatic carbocycles. The third-order valence-electron chi connectivity index (χ3n) is 3.60. The maximum Gasteiger partial charge on any atom is 0.244 e. The second-order valence-corrected chi connectivity index (χ2v) is 6.08. The van der Waals surface area contributed by atoms with Gasteiger partial charge in [0.25, 0.3) is 0 Å². The standard InChI is InChI=1S/C20H21ClN2O4/c1-13(24)23-16-6-4-5-15(9-16)12-22-19(25)8-7-14-10-17(21)20(27-3)18(11-14)26-2/h4-11H,12H2,1-3H3,(H,22,25)(H,23,24)/b8-7+. The van der Waals surface area contributed by atoms with Crippen molar-refractivity contribution in [3.63, 3.8) is 0 Å². The van der Waals surface area contributed by atoms with Gasteiger partial charge in [-0.15, -0.1) is 0 Å². The molecule has 0 bridgehead atoms. The number of anilines is 1. The van der Waals surface area contributed by atoms with Gasteiger partial charge in [-0.1, -0.05) is 23.7 Å². The van der Waals surface area contributed by atoms with Gasteiger partial charge in [0.2, 0.25) is 11.8 Å². The monoisotopic (exact) mass is 388 g/mol. The number of benzene rings is 2. The number of hydrogen-bond acceptors (Lipinski definition) is 4. The molecule has 0 heterocycles. The number of hydrogen-bond donors (Lipinski definition) is 2. The number of halogens is 1. The number of carbonyl (C=O) groups excluding carboxylic acids is 2. The predicted octanol–water partition coefficient (Wildman–Crippen LogP) is 3.65. The van der Waals surface area contributed by atoms with Gasteiger partial charge in [-0.3, -0.25) is 9.59 Å². The summed E-state index contributed by atoms with van der Waals surface area (Å²) in [6, 6.07) is 10.7. The van der Waals surface area contributed by atoms with Crippen molar-refractivity contribution in [2.75, 3.05) is 19.5 Å². The highest BCUT2D eigenvalue weighted by Crippen LogP contribution is 2.36. The number of ether oxygens (including phenoxy) is 2. The van der Waals surface area contributed by atoms with Gasteiger partial charge in [-0.05, 0) is 41.5 Å². The van der Waals surface area contributed by atoms with Gasteiger partial charge in [-0.25, -0.2) is 0 Å². The predicted molar refractivity (Wildman–Crippen MR) is 106 cm³/mol. The minimum atomic E-state index is -0.258. The first kappa shape index (κ1) is 20.3. The summed E-state index contributed by atoms with van der Waals surface area (Å²) in [5.74, 6) is 0.526. The molecule has 0 spiro atoms. The van der Waals surface area contributed by atoms with Crippen molar-refractivity contribution in [1.82, 2.24) is 5.32 Å². The maximum atomic E-state index is 12.1. The fourth-order valence-corrected chi connectivity index (χ4v) is 2.71. The first-order valence-corrected chi connectivity index (χ1v) is 8.54. The van der Waals surface area contributed by atoms with Crippen LogP contribution in [0.2, 0.25) is 5.02 Å². The highest BCUT2D eigenvalue weighted by molar-refractivity contribution is 6.32. The molecule has 0 aromatic heterocycles. The van der Waals surface area contributed by atoms with Crippen molar-refractivity contribution in [3.05, 3.63) is 58.6 Å². The summed E-state index contributed by atoms with van der Waals surface area (Å²) in [6.45, 7) is 1.78. The molecule has 2 N–H and O–H groups in total. The number of nitrogens with one attached hydrogen (secondary N) is 2. The van der Waals surface area contributed by atoms with E-state index in [4.69, 9.17) is 21.1 Å². The van der Waals surface area contributed by atoms with E-state index in [9.17, 15) is 9.59 Å². The van der Waals surface area contributed by atoms with Crippen LogP contribution in [0.15, 0.2) is 42.5 Å². The van der Waals surface area contributed by atoms with Crippen LogP contribution in [0.4, 0.5) is 5.69 Å². The van der Waals surface area contributed by atoms with E-state index >= 15 is 0 Å². The van der Waals surface area contributed by atoms with E-state index in [-0.39, 0.29) is 11.8 Å². The Morgan fingerprint density at radius 1 is 1.15 bits per heavy atom. The van der Waals surface area contributed by atoms with E-state index in [1.807, 2.05) is 12.1 Å².